The Morgan fingerprint density at radius 2 is 1.75 bits per heavy atom. The van der Waals surface area contributed by atoms with Crippen molar-refractivity contribution in [3.63, 3.8) is 0 Å². The van der Waals surface area contributed by atoms with Gasteiger partial charge in [-0.25, -0.2) is 17.8 Å². The minimum atomic E-state index is -3.57. The number of hydrogen-bond donors (Lipinski definition) is 1. The van der Waals surface area contributed by atoms with Gasteiger partial charge in [-0.3, -0.25) is 0 Å². The standard InChI is InChI=1S/C14H19N3O2S/c1-11-13(20(18,19)16-14(2,3)4)10-17(15-11)12-8-6-5-7-9-12/h5-10,16H,1-4H3. The Morgan fingerprint density at radius 3 is 2.30 bits per heavy atom. The number of benzene rings is 1. The number of para-hydroxylation sites is 1. The normalized spacial score (nSPS) is 12.6. The summed E-state index contributed by atoms with van der Waals surface area (Å²) in [6.07, 6.45) is 1.54. The number of nitrogens with one attached hydrogen (secondary N) is 1. The molecular weight excluding hydrogens is 274 g/mol. The molecule has 20 heavy (non-hydrogen) atoms. The van der Waals surface area contributed by atoms with Gasteiger partial charge in [0.25, 0.3) is 0 Å². The summed E-state index contributed by atoms with van der Waals surface area (Å²) in [5, 5.41) is 4.27. The molecule has 0 amide bonds. The van der Waals surface area contributed by atoms with Crippen molar-refractivity contribution < 1.29 is 8.42 Å². The molecule has 0 aliphatic rings. The van der Waals surface area contributed by atoms with E-state index >= 15 is 0 Å². The maximum atomic E-state index is 12.3. The van der Waals surface area contributed by atoms with E-state index in [1.807, 2.05) is 51.1 Å². The quantitative estimate of drug-likeness (QED) is 0.944. The molecule has 0 saturated carbocycles. The molecule has 0 aliphatic heterocycles. The fraction of sp³-hybridized carbons (Fsp3) is 0.357. The molecule has 2 aromatic rings. The van der Waals surface area contributed by atoms with Gasteiger partial charge in [-0.05, 0) is 39.8 Å². The van der Waals surface area contributed by atoms with E-state index in [-0.39, 0.29) is 4.90 Å². The minimum absolute atomic E-state index is 0.205. The van der Waals surface area contributed by atoms with E-state index < -0.39 is 15.6 Å². The Bertz CT molecular complexity index is 698. The molecule has 1 aromatic carbocycles. The van der Waals surface area contributed by atoms with Crippen molar-refractivity contribution >= 4 is 10.0 Å². The van der Waals surface area contributed by atoms with Gasteiger partial charge in [-0.1, -0.05) is 18.2 Å². The summed E-state index contributed by atoms with van der Waals surface area (Å²) in [4.78, 5) is 0.205. The van der Waals surface area contributed by atoms with E-state index in [1.165, 1.54) is 0 Å². The molecule has 1 aromatic heterocycles. The molecule has 0 atom stereocenters. The lowest BCUT2D eigenvalue weighted by Crippen LogP contribution is -2.40. The summed E-state index contributed by atoms with van der Waals surface area (Å²) < 4.78 is 28.9. The third-order valence-electron chi connectivity index (χ3n) is 2.60. The maximum absolute atomic E-state index is 12.3. The lowest BCUT2D eigenvalue weighted by Gasteiger charge is -2.19. The van der Waals surface area contributed by atoms with E-state index in [4.69, 9.17) is 0 Å². The smallest absolute Gasteiger partial charge is 0.239 e. The molecule has 1 heterocycles. The first-order valence-electron chi connectivity index (χ1n) is 6.35. The first-order chi connectivity index (χ1) is 9.19. The van der Waals surface area contributed by atoms with Crippen LogP contribution in [0.2, 0.25) is 0 Å². The number of nitrogens with zero attached hydrogens (tertiary/aromatic N) is 2. The van der Waals surface area contributed by atoms with Crippen LogP contribution < -0.4 is 4.72 Å². The number of aromatic nitrogens is 2. The molecule has 6 heteroatoms. The number of rotatable bonds is 3. The van der Waals surface area contributed by atoms with Crippen molar-refractivity contribution in [1.29, 1.82) is 0 Å². The highest BCUT2D eigenvalue weighted by molar-refractivity contribution is 7.89. The Hall–Kier alpha value is -1.66. The zero-order valence-electron chi connectivity index (χ0n) is 12.1. The fourth-order valence-electron chi connectivity index (χ4n) is 1.88. The summed E-state index contributed by atoms with van der Waals surface area (Å²) in [5.41, 5.74) is 0.776. The van der Waals surface area contributed by atoms with Gasteiger partial charge in [0.15, 0.2) is 0 Å². The fourth-order valence-corrected chi connectivity index (χ4v) is 3.46. The molecule has 0 unspecified atom stereocenters. The summed E-state index contributed by atoms with van der Waals surface area (Å²) in [7, 11) is -3.57. The van der Waals surface area contributed by atoms with E-state index in [1.54, 1.807) is 17.8 Å². The van der Waals surface area contributed by atoms with Crippen LogP contribution in [0.3, 0.4) is 0 Å². The highest BCUT2D eigenvalue weighted by Gasteiger charge is 2.25. The average Bonchev–Trinajstić information content (AvgIpc) is 2.70. The SMILES string of the molecule is Cc1nn(-c2ccccc2)cc1S(=O)(=O)NC(C)(C)C. The Morgan fingerprint density at radius 1 is 1.15 bits per heavy atom. The van der Waals surface area contributed by atoms with Crippen LogP contribution in [-0.2, 0) is 10.0 Å². The monoisotopic (exact) mass is 293 g/mol. The van der Waals surface area contributed by atoms with Crippen LogP contribution in [0.4, 0.5) is 0 Å². The minimum Gasteiger partial charge on any atom is -0.239 e. The second-order valence-electron chi connectivity index (χ2n) is 5.71. The van der Waals surface area contributed by atoms with Crippen molar-refractivity contribution in [2.45, 2.75) is 38.1 Å². The lowest BCUT2D eigenvalue weighted by molar-refractivity contribution is 0.491. The zero-order valence-corrected chi connectivity index (χ0v) is 12.9. The van der Waals surface area contributed by atoms with Crippen molar-refractivity contribution in [3.8, 4) is 5.69 Å². The van der Waals surface area contributed by atoms with Gasteiger partial charge in [0, 0.05) is 5.54 Å². The highest BCUT2D eigenvalue weighted by Crippen LogP contribution is 2.18. The maximum Gasteiger partial charge on any atom is 0.244 e. The molecule has 5 nitrogen and oxygen atoms in total. The van der Waals surface area contributed by atoms with Gasteiger partial charge in [0.2, 0.25) is 10.0 Å². The molecule has 0 saturated heterocycles. The second-order valence-corrected chi connectivity index (χ2v) is 7.37. The van der Waals surface area contributed by atoms with Crippen LogP contribution >= 0.6 is 0 Å². The van der Waals surface area contributed by atoms with Crippen molar-refractivity contribution in [3.05, 3.63) is 42.2 Å². The number of aryl methyl sites for hydroxylation is 1. The van der Waals surface area contributed by atoms with Crippen LogP contribution in [-0.4, -0.2) is 23.7 Å². The molecule has 2 rings (SSSR count). The topological polar surface area (TPSA) is 64.0 Å². The first kappa shape index (κ1) is 14.7. The Kier molecular flexibility index (Phi) is 3.71. The third kappa shape index (κ3) is 3.26. The molecule has 108 valence electrons. The molecule has 0 aliphatic carbocycles. The van der Waals surface area contributed by atoms with Crippen LogP contribution in [0.1, 0.15) is 26.5 Å². The van der Waals surface area contributed by atoms with Gasteiger partial charge in [-0.2, -0.15) is 5.10 Å². The van der Waals surface area contributed by atoms with E-state index in [0.29, 0.717) is 5.69 Å². The molecule has 0 spiro atoms. The summed E-state index contributed by atoms with van der Waals surface area (Å²) in [5.74, 6) is 0. The summed E-state index contributed by atoms with van der Waals surface area (Å²) in [6.45, 7) is 7.11. The summed E-state index contributed by atoms with van der Waals surface area (Å²) >= 11 is 0. The van der Waals surface area contributed by atoms with E-state index in [0.717, 1.165) is 5.69 Å². The Balaban J connectivity index is 2.43. The van der Waals surface area contributed by atoms with Crippen LogP contribution in [0.5, 0.6) is 0 Å². The van der Waals surface area contributed by atoms with Crippen LogP contribution in [0, 0.1) is 6.92 Å². The van der Waals surface area contributed by atoms with Crippen molar-refractivity contribution in [2.24, 2.45) is 0 Å². The third-order valence-corrected chi connectivity index (χ3v) is 4.47. The van der Waals surface area contributed by atoms with Gasteiger partial charge in [0.1, 0.15) is 4.90 Å². The molecule has 1 N–H and O–H groups in total. The predicted molar refractivity (Wildman–Crippen MR) is 78.4 cm³/mol. The molecule has 0 bridgehead atoms. The van der Waals surface area contributed by atoms with Crippen molar-refractivity contribution in [2.75, 3.05) is 0 Å². The highest BCUT2D eigenvalue weighted by atomic mass is 32.2. The van der Waals surface area contributed by atoms with E-state index in [9.17, 15) is 8.42 Å². The molecular formula is C14H19N3O2S. The second kappa shape index (κ2) is 5.03. The van der Waals surface area contributed by atoms with Crippen LogP contribution in [0.25, 0.3) is 5.69 Å². The number of sulfonamides is 1. The Labute approximate surface area is 119 Å². The molecule has 0 fully saturated rings. The zero-order chi connectivity index (χ0) is 15.0. The molecule has 0 radical (unpaired) electrons. The van der Waals surface area contributed by atoms with E-state index in [2.05, 4.69) is 9.82 Å². The van der Waals surface area contributed by atoms with Crippen molar-refractivity contribution in [1.82, 2.24) is 14.5 Å². The summed E-state index contributed by atoms with van der Waals surface area (Å²) in [6, 6.07) is 9.42. The average molecular weight is 293 g/mol. The first-order valence-corrected chi connectivity index (χ1v) is 7.83. The lowest BCUT2D eigenvalue weighted by atomic mass is 10.1. The van der Waals surface area contributed by atoms with Crippen LogP contribution in [0.15, 0.2) is 41.4 Å². The number of hydrogen-bond acceptors (Lipinski definition) is 3. The van der Waals surface area contributed by atoms with Gasteiger partial charge in [-0.15, -0.1) is 0 Å². The largest absolute Gasteiger partial charge is 0.244 e. The van der Waals surface area contributed by atoms with Gasteiger partial charge < -0.3 is 0 Å². The van der Waals surface area contributed by atoms with Gasteiger partial charge in [0.05, 0.1) is 17.6 Å². The predicted octanol–water partition coefficient (Wildman–Crippen LogP) is 2.26. The van der Waals surface area contributed by atoms with Gasteiger partial charge >= 0.3 is 0 Å².